The second kappa shape index (κ2) is 6.23. The predicted octanol–water partition coefficient (Wildman–Crippen LogP) is 4.88. The lowest BCUT2D eigenvalue weighted by Crippen LogP contribution is -2.07. The summed E-state index contributed by atoms with van der Waals surface area (Å²) in [4.78, 5) is 10.0. The smallest absolute Gasteiger partial charge is 0.381 e. The van der Waals surface area contributed by atoms with E-state index < -0.39 is 16.7 Å². The van der Waals surface area contributed by atoms with Crippen molar-refractivity contribution in [1.82, 2.24) is 0 Å². The first-order valence-corrected chi connectivity index (χ1v) is 6.49. The molecule has 1 N–H and O–H groups in total. The highest BCUT2D eigenvalue weighted by Crippen LogP contribution is 2.36. The van der Waals surface area contributed by atoms with Crippen molar-refractivity contribution in [3.63, 3.8) is 0 Å². The van der Waals surface area contributed by atoms with Gasteiger partial charge >= 0.3 is 6.18 Å². The van der Waals surface area contributed by atoms with Crippen LogP contribution in [0.4, 0.5) is 24.5 Å². The maximum Gasteiger partial charge on any atom is 0.417 e. The SMILES string of the molecule is O=[N+]([O-])c1ccc(CNc2ccc(Cl)c(C(F)(F)F)c2)cc1. The van der Waals surface area contributed by atoms with E-state index in [0.29, 0.717) is 5.56 Å². The van der Waals surface area contributed by atoms with Crippen LogP contribution >= 0.6 is 11.6 Å². The Morgan fingerprint density at radius 2 is 1.77 bits per heavy atom. The van der Waals surface area contributed by atoms with Crippen LogP contribution in [0.1, 0.15) is 11.1 Å². The maximum atomic E-state index is 12.7. The van der Waals surface area contributed by atoms with Gasteiger partial charge < -0.3 is 5.32 Å². The van der Waals surface area contributed by atoms with Gasteiger partial charge in [0.1, 0.15) is 0 Å². The van der Waals surface area contributed by atoms with Crippen molar-refractivity contribution >= 4 is 23.0 Å². The van der Waals surface area contributed by atoms with Gasteiger partial charge in [-0.2, -0.15) is 13.2 Å². The van der Waals surface area contributed by atoms with Gasteiger partial charge in [-0.05, 0) is 23.8 Å². The van der Waals surface area contributed by atoms with Crippen molar-refractivity contribution in [1.29, 1.82) is 0 Å². The average Bonchev–Trinajstić information content (AvgIpc) is 2.45. The number of rotatable bonds is 4. The topological polar surface area (TPSA) is 55.2 Å². The van der Waals surface area contributed by atoms with E-state index in [1.165, 1.54) is 36.4 Å². The summed E-state index contributed by atoms with van der Waals surface area (Å²) in [5.41, 5.74) is 0.00153. The molecule has 0 aliphatic carbocycles. The first-order valence-electron chi connectivity index (χ1n) is 6.11. The van der Waals surface area contributed by atoms with Crippen molar-refractivity contribution in [2.75, 3.05) is 5.32 Å². The molecule has 0 heterocycles. The van der Waals surface area contributed by atoms with E-state index in [4.69, 9.17) is 11.6 Å². The zero-order valence-corrected chi connectivity index (χ0v) is 11.8. The summed E-state index contributed by atoms with van der Waals surface area (Å²) in [6.07, 6.45) is -4.53. The van der Waals surface area contributed by atoms with Crippen LogP contribution < -0.4 is 5.32 Å². The molecule has 2 aromatic rings. The Morgan fingerprint density at radius 3 is 2.32 bits per heavy atom. The molecular formula is C14H10ClF3N2O2. The highest BCUT2D eigenvalue weighted by Gasteiger charge is 2.33. The lowest BCUT2D eigenvalue weighted by atomic mass is 10.1. The van der Waals surface area contributed by atoms with Crippen LogP contribution in [0.2, 0.25) is 5.02 Å². The van der Waals surface area contributed by atoms with E-state index in [9.17, 15) is 23.3 Å². The van der Waals surface area contributed by atoms with Gasteiger partial charge in [0.25, 0.3) is 5.69 Å². The number of hydrogen-bond donors (Lipinski definition) is 1. The van der Waals surface area contributed by atoms with Crippen LogP contribution in [0, 0.1) is 10.1 Å². The minimum atomic E-state index is -4.53. The molecule has 8 heteroatoms. The summed E-state index contributed by atoms with van der Waals surface area (Å²) >= 11 is 5.53. The first-order chi connectivity index (χ1) is 10.3. The number of hydrogen-bond acceptors (Lipinski definition) is 3. The third-order valence-corrected chi connectivity index (χ3v) is 3.25. The summed E-state index contributed by atoms with van der Waals surface area (Å²) in [6, 6.07) is 9.26. The Hall–Kier alpha value is -2.28. The molecule has 2 aromatic carbocycles. The van der Waals surface area contributed by atoms with E-state index in [1.54, 1.807) is 0 Å². The molecule has 0 fully saturated rings. The largest absolute Gasteiger partial charge is 0.417 e. The minimum Gasteiger partial charge on any atom is -0.381 e. The maximum absolute atomic E-state index is 12.7. The van der Waals surface area contributed by atoms with Crippen molar-refractivity contribution in [2.45, 2.75) is 12.7 Å². The van der Waals surface area contributed by atoms with Gasteiger partial charge in [0.05, 0.1) is 15.5 Å². The third kappa shape index (κ3) is 3.88. The normalized spacial score (nSPS) is 11.3. The molecule has 116 valence electrons. The number of alkyl halides is 3. The van der Waals surface area contributed by atoms with Gasteiger partial charge in [0.2, 0.25) is 0 Å². The number of nitrogens with one attached hydrogen (secondary N) is 1. The summed E-state index contributed by atoms with van der Waals surface area (Å²) in [7, 11) is 0. The highest BCUT2D eigenvalue weighted by atomic mass is 35.5. The summed E-state index contributed by atoms with van der Waals surface area (Å²) in [5.74, 6) is 0. The highest BCUT2D eigenvalue weighted by molar-refractivity contribution is 6.31. The number of nitro groups is 1. The van der Waals surface area contributed by atoms with Crippen molar-refractivity contribution < 1.29 is 18.1 Å². The van der Waals surface area contributed by atoms with Crippen LogP contribution in [0.3, 0.4) is 0 Å². The lowest BCUT2D eigenvalue weighted by Gasteiger charge is -2.12. The van der Waals surface area contributed by atoms with Crippen molar-refractivity contribution in [2.24, 2.45) is 0 Å². The van der Waals surface area contributed by atoms with Crippen LogP contribution in [0.15, 0.2) is 42.5 Å². The Morgan fingerprint density at radius 1 is 1.14 bits per heavy atom. The molecule has 0 bridgehead atoms. The molecular weight excluding hydrogens is 321 g/mol. The standard InChI is InChI=1S/C14H10ClF3N2O2/c15-13-6-3-10(7-12(13)14(16,17)18)19-8-9-1-4-11(5-2-9)20(21)22/h1-7,19H,8H2. The molecule has 0 radical (unpaired) electrons. The minimum absolute atomic E-state index is 0.0467. The molecule has 0 aromatic heterocycles. The Kier molecular flexibility index (Phi) is 4.56. The second-order valence-corrected chi connectivity index (χ2v) is 4.88. The number of anilines is 1. The molecule has 0 unspecified atom stereocenters. The summed E-state index contributed by atoms with van der Waals surface area (Å²) < 4.78 is 38.2. The fraction of sp³-hybridized carbons (Fsp3) is 0.143. The molecule has 0 atom stereocenters. The van der Waals surface area contributed by atoms with Crippen molar-refractivity contribution in [3.8, 4) is 0 Å². The van der Waals surface area contributed by atoms with Gasteiger partial charge in [0, 0.05) is 24.4 Å². The quantitative estimate of drug-likeness (QED) is 0.642. The molecule has 0 saturated carbocycles. The Labute approximate surface area is 128 Å². The Balaban J connectivity index is 2.10. The second-order valence-electron chi connectivity index (χ2n) is 4.47. The lowest BCUT2D eigenvalue weighted by molar-refractivity contribution is -0.384. The van der Waals surface area contributed by atoms with Gasteiger partial charge in [-0.1, -0.05) is 23.7 Å². The van der Waals surface area contributed by atoms with E-state index in [-0.39, 0.29) is 22.9 Å². The molecule has 0 aliphatic rings. The molecule has 0 amide bonds. The first kappa shape index (κ1) is 16.1. The molecule has 0 spiro atoms. The molecule has 0 saturated heterocycles. The van der Waals surface area contributed by atoms with Crippen molar-refractivity contribution in [3.05, 3.63) is 68.7 Å². The van der Waals surface area contributed by atoms with Crippen LogP contribution in [-0.4, -0.2) is 4.92 Å². The zero-order valence-electron chi connectivity index (χ0n) is 11.0. The van der Waals surface area contributed by atoms with E-state index in [0.717, 1.165) is 6.07 Å². The number of nitrogens with zero attached hydrogens (tertiary/aromatic N) is 1. The van der Waals surface area contributed by atoms with Gasteiger partial charge in [-0.3, -0.25) is 10.1 Å². The van der Waals surface area contributed by atoms with Crippen LogP contribution in [0.5, 0.6) is 0 Å². The van der Waals surface area contributed by atoms with E-state index >= 15 is 0 Å². The van der Waals surface area contributed by atoms with E-state index in [2.05, 4.69) is 5.32 Å². The van der Waals surface area contributed by atoms with E-state index in [1.807, 2.05) is 0 Å². The summed E-state index contributed by atoms with van der Waals surface area (Å²) in [6.45, 7) is 0.233. The summed E-state index contributed by atoms with van der Waals surface area (Å²) in [5, 5.41) is 13.0. The van der Waals surface area contributed by atoms with Gasteiger partial charge in [-0.25, -0.2) is 0 Å². The Bertz CT molecular complexity index is 687. The molecule has 2 rings (SSSR count). The van der Waals surface area contributed by atoms with Gasteiger partial charge in [0.15, 0.2) is 0 Å². The third-order valence-electron chi connectivity index (χ3n) is 2.92. The zero-order chi connectivity index (χ0) is 16.3. The average molecular weight is 331 g/mol. The fourth-order valence-corrected chi connectivity index (χ4v) is 2.02. The number of benzene rings is 2. The van der Waals surface area contributed by atoms with Crippen LogP contribution in [-0.2, 0) is 12.7 Å². The molecule has 0 aliphatic heterocycles. The molecule has 22 heavy (non-hydrogen) atoms. The number of nitro benzene ring substituents is 1. The monoisotopic (exact) mass is 330 g/mol. The number of halogens is 4. The number of non-ortho nitro benzene ring substituents is 1. The molecule has 4 nitrogen and oxygen atoms in total. The predicted molar refractivity (Wildman–Crippen MR) is 76.9 cm³/mol. The fourth-order valence-electron chi connectivity index (χ4n) is 1.79. The van der Waals surface area contributed by atoms with Gasteiger partial charge in [-0.15, -0.1) is 0 Å². The van der Waals surface area contributed by atoms with Crippen LogP contribution in [0.25, 0.3) is 0 Å².